The topological polar surface area (TPSA) is 92.5 Å². The summed E-state index contributed by atoms with van der Waals surface area (Å²) in [5.41, 5.74) is -7.08. The molecular formula is C19H12F12I2N2O2. The first-order valence-electron chi connectivity index (χ1n) is 9.19. The number of aliphatic hydroxyl groups is 2. The van der Waals surface area contributed by atoms with Crippen LogP contribution in [0, 0.1) is 7.14 Å². The zero-order valence-electron chi connectivity index (χ0n) is 17.4. The lowest BCUT2D eigenvalue weighted by Gasteiger charge is -2.34. The van der Waals surface area contributed by atoms with Crippen LogP contribution in [0.4, 0.5) is 64.1 Å². The Morgan fingerprint density at radius 3 is 1.00 bits per heavy atom. The fourth-order valence-corrected chi connectivity index (χ4v) is 4.70. The minimum absolute atomic E-state index is 0.182. The van der Waals surface area contributed by atoms with Crippen molar-refractivity contribution in [2.24, 2.45) is 0 Å². The van der Waals surface area contributed by atoms with Gasteiger partial charge in [-0.05, 0) is 87.0 Å². The molecule has 0 unspecified atom stereocenters. The van der Waals surface area contributed by atoms with Gasteiger partial charge in [-0.2, -0.15) is 52.7 Å². The molecule has 4 nitrogen and oxygen atoms in total. The van der Waals surface area contributed by atoms with E-state index in [1.54, 1.807) is 0 Å². The minimum atomic E-state index is -6.32. The summed E-state index contributed by atoms with van der Waals surface area (Å²) < 4.78 is 160. The van der Waals surface area contributed by atoms with Gasteiger partial charge in [0.1, 0.15) is 0 Å². The fraction of sp³-hybridized carbons (Fsp3) is 0.368. The van der Waals surface area contributed by atoms with Crippen LogP contribution in [0.1, 0.15) is 22.3 Å². The summed E-state index contributed by atoms with van der Waals surface area (Å²) >= 11 is 2.47. The lowest BCUT2D eigenvalue weighted by atomic mass is 9.86. The lowest BCUT2D eigenvalue weighted by Crippen LogP contribution is -2.54. The van der Waals surface area contributed by atoms with Crippen LogP contribution >= 0.6 is 45.2 Å². The van der Waals surface area contributed by atoms with E-state index < -0.39 is 83.1 Å². The van der Waals surface area contributed by atoms with Gasteiger partial charge in [0.05, 0.1) is 11.4 Å². The second-order valence-electron chi connectivity index (χ2n) is 7.67. The number of benzene rings is 2. The third-order valence-electron chi connectivity index (χ3n) is 5.21. The molecule has 0 aliphatic carbocycles. The van der Waals surface area contributed by atoms with Gasteiger partial charge in [0.2, 0.25) is 0 Å². The number of nitrogens with two attached hydrogens (primary N) is 2. The minimum Gasteiger partial charge on any atom is -0.398 e. The van der Waals surface area contributed by atoms with Gasteiger partial charge in [-0.25, -0.2) is 0 Å². The van der Waals surface area contributed by atoms with E-state index in [0.717, 1.165) is 12.1 Å². The number of hydrogen-bond donors (Lipinski definition) is 4. The van der Waals surface area contributed by atoms with E-state index in [4.69, 9.17) is 11.5 Å². The summed E-state index contributed by atoms with van der Waals surface area (Å²) in [6.07, 6.45) is -26.1. The predicted molar refractivity (Wildman–Crippen MR) is 122 cm³/mol. The van der Waals surface area contributed by atoms with Crippen LogP contribution in [0.15, 0.2) is 24.3 Å². The summed E-state index contributed by atoms with van der Waals surface area (Å²) in [5, 5.41) is 19.5. The number of alkyl halides is 12. The van der Waals surface area contributed by atoms with Crippen LogP contribution < -0.4 is 11.5 Å². The lowest BCUT2D eigenvalue weighted by molar-refractivity contribution is -0.376. The van der Waals surface area contributed by atoms with Gasteiger partial charge in [0.25, 0.3) is 11.2 Å². The summed E-state index contributed by atoms with van der Waals surface area (Å²) in [5.74, 6) is 0. The maximum Gasteiger partial charge on any atom is 0.430 e. The van der Waals surface area contributed by atoms with Crippen molar-refractivity contribution in [2.45, 2.75) is 42.3 Å². The smallest absolute Gasteiger partial charge is 0.398 e. The molecule has 0 fully saturated rings. The first-order valence-corrected chi connectivity index (χ1v) is 11.3. The van der Waals surface area contributed by atoms with E-state index >= 15 is 0 Å². The number of rotatable bonds is 4. The maximum atomic E-state index is 13.4. The summed E-state index contributed by atoms with van der Waals surface area (Å²) in [4.78, 5) is 0. The van der Waals surface area contributed by atoms with Gasteiger partial charge in [0.15, 0.2) is 0 Å². The molecule has 2 aromatic rings. The molecule has 0 aromatic heterocycles. The van der Waals surface area contributed by atoms with Crippen molar-refractivity contribution >= 4 is 56.6 Å². The molecule has 0 saturated heterocycles. The highest BCUT2D eigenvalue weighted by atomic mass is 127. The number of nitrogen functional groups attached to an aromatic ring is 2. The fourth-order valence-electron chi connectivity index (χ4n) is 3.32. The van der Waals surface area contributed by atoms with Crippen molar-refractivity contribution in [1.82, 2.24) is 0 Å². The third-order valence-corrected chi connectivity index (χ3v) is 6.99. The molecule has 0 radical (unpaired) electrons. The van der Waals surface area contributed by atoms with Gasteiger partial charge in [-0.15, -0.1) is 0 Å². The molecule has 0 aliphatic heterocycles. The van der Waals surface area contributed by atoms with Crippen molar-refractivity contribution in [1.29, 1.82) is 0 Å². The summed E-state index contributed by atoms with van der Waals surface area (Å²) in [6.45, 7) is 0. The number of hydrogen-bond acceptors (Lipinski definition) is 4. The van der Waals surface area contributed by atoms with Gasteiger partial charge in [0, 0.05) is 18.3 Å². The van der Waals surface area contributed by atoms with Gasteiger partial charge >= 0.3 is 24.7 Å². The third kappa shape index (κ3) is 5.38. The van der Waals surface area contributed by atoms with Gasteiger partial charge < -0.3 is 21.7 Å². The van der Waals surface area contributed by atoms with E-state index in [9.17, 15) is 62.9 Å². The quantitative estimate of drug-likeness (QED) is 0.167. The predicted octanol–water partition coefficient (Wildman–Crippen LogP) is 6.28. The van der Waals surface area contributed by atoms with Crippen molar-refractivity contribution < 1.29 is 62.9 Å². The second kappa shape index (κ2) is 9.65. The van der Waals surface area contributed by atoms with Crippen molar-refractivity contribution in [3.63, 3.8) is 0 Å². The first-order chi connectivity index (χ1) is 16.3. The van der Waals surface area contributed by atoms with Crippen LogP contribution in [-0.2, 0) is 17.6 Å². The van der Waals surface area contributed by atoms with E-state index in [0.29, 0.717) is 0 Å². The SMILES string of the molecule is Nc1c(I)cc(Cc2cc(I)c(N)c(C(O)(C(F)(F)F)C(F)(F)F)c2)cc1C(O)(C(F)(F)F)C(F)(F)F. The molecule has 0 saturated carbocycles. The largest absolute Gasteiger partial charge is 0.430 e. The Labute approximate surface area is 226 Å². The van der Waals surface area contributed by atoms with Crippen LogP contribution in [0.2, 0.25) is 0 Å². The zero-order chi connectivity index (χ0) is 29.2. The Morgan fingerprint density at radius 2 is 0.784 bits per heavy atom. The van der Waals surface area contributed by atoms with Crippen LogP contribution in [0.3, 0.4) is 0 Å². The van der Waals surface area contributed by atoms with Crippen molar-refractivity contribution in [3.05, 3.63) is 53.7 Å². The normalized spacial score (nSPS) is 14.3. The van der Waals surface area contributed by atoms with Crippen molar-refractivity contribution in [3.8, 4) is 0 Å². The monoisotopic (exact) mass is 782 g/mol. The first kappa shape index (κ1) is 31.8. The number of anilines is 2. The molecule has 2 aromatic carbocycles. The Kier molecular flexibility index (Phi) is 8.29. The molecular weight excluding hydrogens is 770 g/mol. The van der Waals surface area contributed by atoms with Gasteiger partial charge in [-0.1, -0.05) is 0 Å². The Balaban J connectivity index is 2.80. The van der Waals surface area contributed by atoms with E-state index in [-0.39, 0.29) is 12.1 Å². The molecule has 0 amide bonds. The zero-order valence-corrected chi connectivity index (χ0v) is 21.7. The summed E-state index contributed by atoms with van der Waals surface area (Å²) in [6, 6.07) is 2.19. The van der Waals surface area contributed by atoms with Crippen LogP contribution in [0.5, 0.6) is 0 Å². The highest BCUT2D eigenvalue weighted by Crippen LogP contribution is 2.54. The van der Waals surface area contributed by atoms with Crippen molar-refractivity contribution in [2.75, 3.05) is 11.5 Å². The Hall–Kier alpha value is -1.42. The highest BCUT2D eigenvalue weighted by molar-refractivity contribution is 14.1. The average Bonchev–Trinajstić information content (AvgIpc) is 2.68. The molecule has 0 spiro atoms. The molecule has 6 N–H and O–H groups in total. The standard InChI is InChI=1S/C19H12F12I2N2O2/c20-16(21,22)14(36,17(23,24)25)8-2-6(4-10(32)12(8)34)1-7-3-9(13(35)11(33)5-7)15(37,18(26,27)28)19(29,30)31/h2-5,36-37H,1,34-35H2. The number of halogens is 14. The molecule has 2 rings (SSSR count). The Bertz CT molecular complexity index is 1070. The highest BCUT2D eigenvalue weighted by Gasteiger charge is 2.73. The molecule has 0 aliphatic rings. The molecule has 0 atom stereocenters. The van der Waals surface area contributed by atoms with Gasteiger partial charge in [-0.3, -0.25) is 0 Å². The van der Waals surface area contributed by atoms with E-state index in [1.807, 2.05) is 0 Å². The molecule has 0 bridgehead atoms. The molecule has 208 valence electrons. The second-order valence-corrected chi connectivity index (χ2v) is 9.99. The van der Waals surface area contributed by atoms with E-state index in [1.165, 1.54) is 45.2 Å². The average molecular weight is 782 g/mol. The van der Waals surface area contributed by atoms with Crippen LogP contribution in [0.25, 0.3) is 0 Å². The molecule has 0 heterocycles. The van der Waals surface area contributed by atoms with Crippen LogP contribution in [-0.4, -0.2) is 34.9 Å². The van der Waals surface area contributed by atoms with E-state index in [2.05, 4.69) is 0 Å². The Morgan fingerprint density at radius 1 is 0.541 bits per heavy atom. The maximum absolute atomic E-state index is 13.4. The molecule has 37 heavy (non-hydrogen) atoms. The summed E-state index contributed by atoms with van der Waals surface area (Å²) in [7, 11) is 0. The molecule has 18 heteroatoms.